The number of rotatable bonds is 23. The van der Waals surface area contributed by atoms with Crippen LogP contribution in [0.5, 0.6) is 0 Å². The minimum atomic E-state index is -1.49. The number of amides is 8. The van der Waals surface area contributed by atoms with E-state index < -0.39 is 77.5 Å². The molecule has 0 bridgehead atoms. The Morgan fingerprint density at radius 2 is 1.50 bits per heavy atom. The molecule has 56 heavy (non-hydrogen) atoms. The van der Waals surface area contributed by atoms with E-state index in [0.29, 0.717) is 24.1 Å². The van der Waals surface area contributed by atoms with Gasteiger partial charge in [0.25, 0.3) is 0 Å². The first-order valence-electron chi connectivity index (χ1n) is 18.9. The summed E-state index contributed by atoms with van der Waals surface area (Å²) in [4.78, 5) is 90.2. The van der Waals surface area contributed by atoms with Crippen LogP contribution in [0.25, 0.3) is 0 Å². The number of nitrogens with zero attached hydrogens (tertiary/aromatic N) is 1. The Hall–Kier alpha value is -4.97. The summed E-state index contributed by atoms with van der Waals surface area (Å²) in [5, 5.41) is 13.2. The molecule has 8 amide bonds. The van der Waals surface area contributed by atoms with Crippen molar-refractivity contribution in [3.63, 3.8) is 0 Å². The summed E-state index contributed by atoms with van der Waals surface area (Å²) in [5.74, 6) is -3.12. The van der Waals surface area contributed by atoms with Crippen LogP contribution in [0.3, 0.4) is 0 Å². The zero-order chi connectivity index (χ0) is 42.9. The Morgan fingerprint density at radius 1 is 0.893 bits per heavy atom. The molecule has 0 aliphatic carbocycles. The van der Waals surface area contributed by atoms with Gasteiger partial charge in [-0.2, -0.15) is 0 Å². The summed E-state index contributed by atoms with van der Waals surface area (Å²) < 4.78 is 10.9. The normalized spacial score (nSPS) is 14.7. The van der Waals surface area contributed by atoms with Gasteiger partial charge < -0.3 is 58.2 Å². The summed E-state index contributed by atoms with van der Waals surface area (Å²) >= 11 is 0. The largest absolute Gasteiger partial charge is 0.445 e. The summed E-state index contributed by atoms with van der Waals surface area (Å²) in [6.07, 6.45) is -0.376. The molecule has 1 aromatic rings. The van der Waals surface area contributed by atoms with E-state index in [1.54, 1.807) is 59.0 Å². The third-order valence-corrected chi connectivity index (χ3v) is 9.52. The molecule has 18 nitrogen and oxygen atoms in total. The lowest BCUT2D eigenvalue weighted by Crippen LogP contribution is -2.62. The molecule has 0 aliphatic rings. The second kappa shape index (κ2) is 23.2. The maximum atomic E-state index is 13.8. The van der Waals surface area contributed by atoms with Gasteiger partial charge in [0.2, 0.25) is 29.5 Å². The van der Waals surface area contributed by atoms with Gasteiger partial charge in [0.1, 0.15) is 24.2 Å². The number of nitrogens with two attached hydrogens (primary N) is 3. The molecule has 0 unspecified atom stereocenters. The Morgan fingerprint density at radius 3 is 2.00 bits per heavy atom. The van der Waals surface area contributed by atoms with E-state index in [-0.39, 0.29) is 43.7 Å². The first-order chi connectivity index (χ1) is 26.1. The average Bonchev–Trinajstić information content (AvgIpc) is 3.12. The molecule has 6 atom stereocenters. The molecule has 0 fully saturated rings. The zero-order valence-corrected chi connectivity index (χ0v) is 34.5. The SMILES string of the molecule is CC[C@H](C)[C@@H]([C@@H](CC(N)=O)OC)N(C)C(=O)[C@@H](NC(=O)C(C)(C)NC(=O)OCc1ccc(NC(=O)[C@H](CCCNC(N)=O)NC(=O)[C@@H](N)C(C)C)cc1)C(C)C. The van der Waals surface area contributed by atoms with Gasteiger partial charge in [0.05, 0.1) is 24.6 Å². The van der Waals surface area contributed by atoms with Crippen LogP contribution in [0.1, 0.15) is 86.6 Å². The highest BCUT2D eigenvalue weighted by atomic mass is 16.5. The molecule has 1 rings (SSSR count). The first kappa shape index (κ1) is 49.0. The third-order valence-electron chi connectivity index (χ3n) is 9.52. The molecule has 18 heteroatoms. The van der Waals surface area contributed by atoms with E-state index >= 15 is 0 Å². The number of anilines is 1. The summed E-state index contributed by atoms with van der Waals surface area (Å²) in [5.41, 5.74) is 16.0. The molecule has 1 aromatic carbocycles. The standard InChI is InChI=1S/C38H65N9O9/c1-11-23(6)31(27(55-10)19-28(39)48)47(9)34(51)30(22(4)5)45-35(52)38(7,8)46-37(54)56-20-24-14-16-25(17-15-24)43-32(49)26(13-12-18-42-36(41)53)44-33(50)29(40)21(2)3/h14-17,21-23,26-27,29-31H,11-13,18-20,40H2,1-10H3,(H2,39,48)(H,43,49)(H,44,50)(H,45,52)(H,46,54)(H3,41,42,53)/t23-,26-,27+,29-,30-,31-/m0/s1. The van der Waals surface area contributed by atoms with Crippen molar-refractivity contribution in [3.8, 4) is 0 Å². The fraction of sp³-hybridized carbons (Fsp3) is 0.658. The molecular formula is C38H65N9O9. The summed E-state index contributed by atoms with van der Waals surface area (Å²) in [7, 11) is 3.06. The topological polar surface area (TPSA) is 279 Å². The molecular weight excluding hydrogens is 726 g/mol. The first-order valence-corrected chi connectivity index (χ1v) is 18.9. The number of urea groups is 1. The minimum absolute atomic E-state index is 0.0601. The lowest BCUT2D eigenvalue weighted by Gasteiger charge is -2.40. The number of methoxy groups -OCH3 is 1. The molecule has 0 aliphatic heterocycles. The van der Waals surface area contributed by atoms with Crippen LogP contribution in [0.15, 0.2) is 24.3 Å². The second-order valence-corrected chi connectivity index (χ2v) is 15.2. The predicted octanol–water partition coefficient (Wildman–Crippen LogP) is 1.45. The van der Waals surface area contributed by atoms with Gasteiger partial charge in [-0.1, -0.05) is 60.1 Å². The van der Waals surface area contributed by atoms with Crippen LogP contribution >= 0.6 is 0 Å². The monoisotopic (exact) mass is 791 g/mol. The highest BCUT2D eigenvalue weighted by Gasteiger charge is 2.39. The van der Waals surface area contributed by atoms with Crippen molar-refractivity contribution < 1.29 is 43.0 Å². The van der Waals surface area contributed by atoms with E-state index in [1.165, 1.54) is 25.9 Å². The predicted molar refractivity (Wildman–Crippen MR) is 211 cm³/mol. The molecule has 0 aromatic heterocycles. The van der Waals surface area contributed by atoms with E-state index in [1.807, 2.05) is 13.8 Å². The Labute approximate surface area is 330 Å². The number of carbonyl (C=O) groups excluding carboxylic acids is 7. The van der Waals surface area contributed by atoms with Crippen molar-refractivity contribution in [2.75, 3.05) is 26.0 Å². The number of carbonyl (C=O) groups is 7. The number of primary amides is 2. The fourth-order valence-electron chi connectivity index (χ4n) is 5.75. The van der Waals surface area contributed by atoms with Gasteiger partial charge in [-0.15, -0.1) is 0 Å². The van der Waals surface area contributed by atoms with E-state index in [4.69, 9.17) is 26.7 Å². The van der Waals surface area contributed by atoms with E-state index in [0.717, 1.165) is 0 Å². The van der Waals surface area contributed by atoms with Gasteiger partial charge in [-0.25, -0.2) is 9.59 Å². The highest BCUT2D eigenvalue weighted by Crippen LogP contribution is 2.23. The van der Waals surface area contributed by atoms with Crippen LogP contribution in [0, 0.1) is 17.8 Å². The van der Waals surface area contributed by atoms with Crippen molar-refractivity contribution in [2.24, 2.45) is 35.0 Å². The maximum absolute atomic E-state index is 13.8. The van der Waals surface area contributed by atoms with Crippen molar-refractivity contribution in [1.82, 2.24) is 26.2 Å². The van der Waals surface area contributed by atoms with Gasteiger partial charge >= 0.3 is 12.1 Å². The molecule has 11 N–H and O–H groups in total. The van der Waals surface area contributed by atoms with Gasteiger partial charge in [-0.05, 0) is 62.1 Å². The van der Waals surface area contributed by atoms with Crippen molar-refractivity contribution in [1.29, 1.82) is 0 Å². The summed E-state index contributed by atoms with van der Waals surface area (Å²) in [6, 6.07) is 2.49. The Bertz CT molecular complexity index is 1490. The number of nitrogens with one attached hydrogen (secondary N) is 5. The molecule has 0 heterocycles. The number of alkyl carbamates (subject to hydrolysis) is 1. The zero-order valence-electron chi connectivity index (χ0n) is 34.5. The lowest BCUT2D eigenvalue weighted by molar-refractivity contribution is -0.144. The average molecular weight is 792 g/mol. The Balaban J connectivity index is 2.92. The van der Waals surface area contributed by atoms with Crippen LogP contribution in [-0.2, 0) is 40.1 Å². The summed E-state index contributed by atoms with van der Waals surface area (Å²) in [6.45, 7) is 14.0. The number of benzene rings is 1. The number of hydrogen-bond donors (Lipinski definition) is 8. The highest BCUT2D eigenvalue weighted by molar-refractivity contribution is 5.98. The smallest absolute Gasteiger partial charge is 0.408 e. The van der Waals surface area contributed by atoms with Crippen LogP contribution in [0.4, 0.5) is 15.3 Å². The molecule has 0 radical (unpaired) electrons. The number of hydrogen-bond acceptors (Lipinski definition) is 10. The van der Waals surface area contributed by atoms with Gasteiger partial charge in [0.15, 0.2) is 0 Å². The molecule has 316 valence electrons. The number of ether oxygens (including phenoxy) is 2. The minimum Gasteiger partial charge on any atom is -0.445 e. The second-order valence-electron chi connectivity index (χ2n) is 15.2. The molecule has 0 saturated carbocycles. The molecule has 0 saturated heterocycles. The van der Waals surface area contributed by atoms with Crippen LogP contribution in [-0.4, -0.2) is 103 Å². The van der Waals surface area contributed by atoms with Crippen LogP contribution in [0.2, 0.25) is 0 Å². The third kappa shape index (κ3) is 16.0. The maximum Gasteiger partial charge on any atom is 0.408 e. The Kier molecular flexibility index (Phi) is 20.3. The van der Waals surface area contributed by atoms with E-state index in [2.05, 4.69) is 26.6 Å². The van der Waals surface area contributed by atoms with Crippen molar-refractivity contribution in [2.45, 2.75) is 123 Å². The van der Waals surface area contributed by atoms with Gasteiger partial charge in [-0.3, -0.25) is 24.0 Å². The van der Waals surface area contributed by atoms with Crippen LogP contribution < -0.4 is 43.8 Å². The lowest BCUT2D eigenvalue weighted by atomic mass is 9.89. The van der Waals surface area contributed by atoms with E-state index in [9.17, 15) is 33.6 Å². The van der Waals surface area contributed by atoms with Crippen molar-refractivity contribution in [3.05, 3.63) is 29.8 Å². The van der Waals surface area contributed by atoms with Gasteiger partial charge in [0, 0.05) is 26.4 Å². The number of likely N-dealkylation sites (N-methyl/N-ethyl adjacent to an activating group) is 1. The fourth-order valence-corrected chi connectivity index (χ4v) is 5.75. The van der Waals surface area contributed by atoms with Crippen molar-refractivity contribution >= 4 is 47.3 Å². The quantitative estimate of drug-likeness (QED) is 0.0739. The molecule has 0 spiro atoms.